The van der Waals surface area contributed by atoms with E-state index in [1.807, 2.05) is 12.1 Å². The Hall–Kier alpha value is -1.35. The average Bonchev–Trinajstić information content (AvgIpc) is 2.95. The third-order valence-electron chi connectivity index (χ3n) is 3.60. The molecule has 84 valence electrons. The van der Waals surface area contributed by atoms with Gasteiger partial charge >= 0.3 is 0 Å². The molecule has 0 aromatic carbocycles. The molecule has 0 radical (unpaired) electrons. The van der Waals surface area contributed by atoms with Crippen LogP contribution in [0.15, 0.2) is 24.4 Å². The molecule has 0 aliphatic heterocycles. The van der Waals surface area contributed by atoms with Gasteiger partial charge in [-0.2, -0.15) is 0 Å². The van der Waals surface area contributed by atoms with Crippen molar-refractivity contribution in [1.82, 2.24) is 9.38 Å². The summed E-state index contributed by atoms with van der Waals surface area (Å²) in [6.07, 6.45) is 7.28. The molecule has 0 unspecified atom stereocenters. The molecule has 0 bridgehead atoms. The van der Waals surface area contributed by atoms with Gasteiger partial charge in [-0.15, -0.1) is 0 Å². The second-order valence-corrected chi connectivity index (χ2v) is 4.56. The number of aromatic nitrogens is 2. The van der Waals surface area contributed by atoms with E-state index in [2.05, 4.69) is 16.7 Å². The Morgan fingerprint density at radius 2 is 2.12 bits per heavy atom. The zero-order chi connectivity index (χ0) is 11.0. The molecule has 0 saturated heterocycles. The Balaban J connectivity index is 2.15. The highest BCUT2D eigenvalue weighted by molar-refractivity contribution is 5.44. The van der Waals surface area contributed by atoms with Gasteiger partial charge in [0.25, 0.3) is 0 Å². The number of pyridine rings is 1. The summed E-state index contributed by atoms with van der Waals surface area (Å²) in [7, 11) is 0. The van der Waals surface area contributed by atoms with Crippen LogP contribution in [0.2, 0.25) is 0 Å². The Morgan fingerprint density at radius 3 is 2.88 bits per heavy atom. The van der Waals surface area contributed by atoms with Crippen molar-refractivity contribution in [2.75, 3.05) is 0 Å². The van der Waals surface area contributed by atoms with Crippen LogP contribution in [0.1, 0.15) is 43.0 Å². The number of fused-ring (bicyclic) bond motifs is 1. The summed E-state index contributed by atoms with van der Waals surface area (Å²) in [5.41, 5.74) is 9.34. The van der Waals surface area contributed by atoms with E-state index < -0.39 is 0 Å². The molecule has 3 heteroatoms. The summed E-state index contributed by atoms with van der Waals surface area (Å²) < 4.78 is 2.13. The van der Waals surface area contributed by atoms with Gasteiger partial charge in [0.05, 0.1) is 11.4 Å². The highest BCUT2D eigenvalue weighted by Crippen LogP contribution is 2.35. The fraction of sp³-hybridized carbons (Fsp3) is 0.462. The second-order valence-electron chi connectivity index (χ2n) is 4.56. The lowest BCUT2D eigenvalue weighted by Gasteiger charge is -2.07. The molecule has 1 aliphatic carbocycles. The molecule has 2 aromatic heterocycles. The van der Waals surface area contributed by atoms with E-state index in [-0.39, 0.29) is 0 Å². The predicted octanol–water partition coefficient (Wildman–Crippen LogP) is 2.45. The van der Waals surface area contributed by atoms with Gasteiger partial charge in [-0.1, -0.05) is 18.9 Å². The van der Waals surface area contributed by atoms with Crippen LogP contribution in [0.25, 0.3) is 5.65 Å². The van der Waals surface area contributed by atoms with Crippen LogP contribution in [-0.2, 0) is 6.54 Å². The first kappa shape index (κ1) is 9.85. The molecule has 0 spiro atoms. The summed E-state index contributed by atoms with van der Waals surface area (Å²) >= 11 is 0. The van der Waals surface area contributed by atoms with Crippen molar-refractivity contribution in [1.29, 1.82) is 0 Å². The molecule has 3 nitrogen and oxygen atoms in total. The number of hydrogen-bond donors (Lipinski definition) is 1. The molecule has 2 heterocycles. The second kappa shape index (κ2) is 3.91. The molecule has 2 aromatic rings. The lowest BCUT2D eigenvalue weighted by atomic mass is 10.0. The van der Waals surface area contributed by atoms with Gasteiger partial charge in [0.15, 0.2) is 0 Å². The Morgan fingerprint density at radius 1 is 1.31 bits per heavy atom. The van der Waals surface area contributed by atoms with Gasteiger partial charge < -0.3 is 10.1 Å². The first-order chi connectivity index (χ1) is 7.90. The first-order valence-corrected chi connectivity index (χ1v) is 6.06. The van der Waals surface area contributed by atoms with Crippen LogP contribution >= 0.6 is 0 Å². The standard InChI is InChI=1S/C13H17N3/c14-9-11-13(10-5-1-2-6-10)15-12-7-3-4-8-16(11)12/h3-4,7-8,10H,1-2,5-6,9,14H2. The fourth-order valence-corrected chi connectivity index (χ4v) is 2.79. The molecular formula is C13H17N3. The highest BCUT2D eigenvalue weighted by atomic mass is 15.0. The van der Waals surface area contributed by atoms with Crippen molar-refractivity contribution in [3.8, 4) is 0 Å². The molecule has 0 amide bonds. The number of nitrogens with zero attached hydrogens (tertiary/aromatic N) is 2. The van der Waals surface area contributed by atoms with E-state index in [4.69, 9.17) is 10.7 Å². The van der Waals surface area contributed by atoms with Crippen LogP contribution < -0.4 is 5.73 Å². The lowest BCUT2D eigenvalue weighted by Crippen LogP contribution is -2.06. The summed E-state index contributed by atoms with van der Waals surface area (Å²) in [6, 6.07) is 6.12. The van der Waals surface area contributed by atoms with Crippen molar-refractivity contribution in [3.05, 3.63) is 35.8 Å². The molecule has 16 heavy (non-hydrogen) atoms. The van der Waals surface area contributed by atoms with Crippen LogP contribution in [0.4, 0.5) is 0 Å². The van der Waals surface area contributed by atoms with E-state index in [1.54, 1.807) is 0 Å². The van der Waals surface area contributed by atoms with E-state index >= 15 is 0 Å². The molecule has 0 atom stereocenters. The van der Waals surface area contributed by atoms with Crippen LogP contribution in [0, 0.1) is 0 Å². The SMILES string of the molecule is NCc1c(C2CCCC2)nc2ccccn12. The average molecular weight is 215 g/mol. The van der Waals surface area contributed by atoms with E-state index in [0.29, 0.717) is 12.5 Å². The van der Waals surface area contributed by atoms with E-state index in [0.717, 1.165) is 5.65 Å². The van der Waals surface area contributed by atoms with Crippen molar-refractivity contribution in [2.45, 2.75) is 38.1 Å². The molecular weight excluding hydrogens is 198 g/mol. The Bertz CT molecular complexity index is 495. The topological polar surface area (TPSA) is 43.3 Å². The maximum absolute atomic E-state index is 5.87. The maximum Gasteiger partial charge on any atom is 0.137 e. The van der Waals surface area contributed by atoms with Gasteiger partial charge in [-0.25, -0.2) is 4.98 Å². The zero-order valence-corrected chi connectivity index (χ0v) is 9.39. The smallest absolute Gasteiger partial charge is 0.137 e. The number of nitrogens with two attached hydrogens (primary N) is 1. The van der Waals surface area contributed by atoms with E-state index in [1.165, 1.54) is 37.1 Å². The largest absolute Gasteiger partial charge is 0.325 e. The predicted molar refractivity (Wildman–Crippen MR) is 64.3 cm³/mol. The zero-order valence-electron chi connectivity index (χ0n) is 9.39. The summed E-state index contributed by atoms with van der Waals surface area (Å²) in [5, 5.41) is 0. The van der Waals surface area contributed by atoms with Crippen LogP contribution in [-0.4, -0.2) is 9.38 Å². The lowest BCUT2D eigenvalue weighted by molar-refractivity contribution is 0.689. The molecule has 1 fully saturated rings. The van der Waals surface area contributed by atoms with Crippen molar-refractivity contribution >= 4 is 5.65 Å². The van der Waals surface area contributed by atoms with Gasteiger partial charge in [0.1, 0.15) is 5.65 Å². The monoisotopic (exact) mass is 215 g/mol. The minimum absolute atomic E-state index is 0.580. The van der Waals surface area contributed by atoms with Crippen LogP contribution in [0.3, 0.4) is 0 Å². The third kappa shape index (κ3) is 1.43. The molecule has 1 saturated carbocycles. The van der Waals surface area contributed by atoms with Gasteiger partial charge in [0.2, 0.25) is 0 Å². The third-order valence-corrected chi connectivity index (χ3v) is 3.60. The Kier molecular flexibility index (Phi) is 2.40. The summed E-state index contributed by atoms with van der Waals surface area (Å²) in [5.74, 6) is 0.637. The van der Waals surface area contributed by atoms with Crippen molar-refractivity contribution in [2.24, 2.45) is 5.73 Å². The summed E-state index contributed by atoms with van der Waals surface area (Å²) in [4.78, 5) is 4.75. The van der Waals surface area contributed by atoms with Gasteiger partial charge in [-0.3, -0.25) is 0 Å². The molecule has 2 N–H and O–H groups in total. The highest BCUT2D eigenvalue weighted by Gasteiger charge is 2.23. The first-order valence-electron chi connectivity index (χ1n) is 6.06. The van der Waals surface area contributed by atoms with Crippen LogP contribution in [0.5, 0.6) is 0 Å². The fourth-order valence-electron chi connectivity index (χ4n) is 2.79. The maximum atomic E-state index is 5.87. The van der Waals surface area contributed by atoms with Gasteiger partial charge in [0, 0.05) is 18.7 Å². The number of hydrogen-bond acceptors (Lipinski definition) is 2. The summed E-state index contributed by atoms with van der Waals surface area (Å²) in [6.45, 7) is 0.580. The minimum Gasteiger partial charge on any atom is -0.325 e. The number of imidazole rings is 1. The minimum atomic E-state index is 0.580. The molecule has 3 rings (SSSR count). The van der Waals surface area contributed by atoms with Crippen molar-refractivity contribution < 1.29 is 0 Å². The Labute approximate surface area is 95.3 Å². The molecule has 1 aliphatic rings. The van der Waals surface area contributed by atoms with E-state index in [9.17, 15) is 0 Å². The van der Waals surface area contributed by atoms with Crippen molar-refractivity contribution in [3.63, 3.8) is 0 Å². The van der Waals surface area contributed by atoms with Gasteiger partial charge in [-0.05, 0) is 25.0 Å². The normalized spacial score (nSPS) is 17.3. The quantitative estimate of drug-likeness (QED) is 0.836. The number of rotatable bonds is 2.